The molecule has 2 heterocycles. The number of hydrogen-bond acceptors (Lipinski definition) is 3. The molecule has 0 bridgehead atoms. The molecule has 152 valence electrons. The molecule has 0 saturated carbocycles. The number of nitrogens with one attached hydrogen (secondary N) is 1. The first-order valence-corrected chi connectivity index (χ1v) is 10.2. The molecule has 7 heteroatoms. The van der Waals surface area contributed by atoms with Crippen molar-refractivity contribution in [3.05, 3.63) is 33.8 Å². The van der Waals surface area contributed by atoms with E-state index >= 15 is 0 Å². The molecule has 2 fully saturated rings. The maximum atomic E-state index is 13.2. The lowest BCUT2D eigenvalue weighted by Crippen LogP contribution is -2.53. The third-order valence-corrected chi connectivity index (χ3v) is 6.46. The normalized spacial score (nSPS) is 20.2. The average Bonchev–Trinajstić information content (AvgIpc) is 2.66. The van der Waals surface area contributed by atoms with Crippen LogP contribution in [-0.4, -0.2) is 50.7 Å². The van der Waals surface area contributed by atoms with Crippen molar-refractivity contribution in [2.45, 2.75) is 32.1 Å². The molecular formula is C20H29Cl3N2O2. The number of rotatable bonds is 5. The minimum Gasteiger partial charge on any atom is -0.384 e. The van der Waals surface area contributed by atoms with Crippen molar-refractivity contribution in [2.75, 3.05) is 39.9 Å². The van der Waals surface area contributed by atoms with E-state index < -0.39 is 0 Å². The fraction of sp³-hybridized carbons (Fsp3) is 0.650. The van der Waals surface area contributed by atoms with Crippen LogP contribution in [0.4, 0.5) is 0 Å². The summed E-state index contributed by atoms with van der Waals surface area (Å²) >= 11 is 12.4. The molecule has 1 aromatic carbocycles. The third kappa shape index (κ3) is 5.51. The molecule has 2 aliphatic heterocycles. The van der Waals surface area contributed by atoms with E-state index in [2.05, 4.69) is 10.2 Å². The van der Waals surface area contributed by atoms with Gasteiger partial charge in [-0.25, -0.2) is 0 Å². The Bertz CT molecular complexity index is 622. The summed E-state index contributed by atoms with van der Waals surface area (Å²) in [7, 11) is 1.69. The van der Waals surface area contributed by atoms with Crippen molar-refractivity contribution < 1.29 is 9.53 Å². The minimum absolute atomic E-state index is 0. The van der Waals surface area contributed by atoms with E-state index in [0.29, 0.717) is 12.5 Å². The van der Waals surface area contributed by atoms with E-state index in [0.717, 1.165) is 73.9 Å². The fourth-order valence-electron chi connectivity index (χ4n) is 4.29. The predicted octanol–water partition coefficient (Wildman–Crippen LogP) is 4.21. The van der Waals surface area contributed by atoms with Crippen molar-refractivity contribution in [3.8, 4) is 0 Å². The van der Waals surface area contributed by atoms with Crippen LogP contribution in [0, 0.1) is 11.3 Å². The van der Waals surface area contributed by atoms with Gasteiger partial charge in [-0.15, -0.1) is 12.4 Å². The van der Waals surface area contributed by atoms with E-state index in [9.17, 15) is 4.79 Å². The third-order valence-electron chi connectivity index (χ3n) is 5.85. The maximum Gasteiger partial charge on any atom is 0.231 e. The molecule has 2 saturated heterocycles. The van der Waals surface area contributed by atoms with Gasteiger partial charge < -0.3 is 15.0 Å². The Morgan fingerprint density at radius 1 is 1.26 bits per heavy atom. The van der Waals surface area contributed by atoms with Crippen molar-refractivity contribution in [3.63, 3.8) is 0 Å². The van der Waals surface area contributed by atoms with Gasteiger partial charge in [0, 0.05) is 30.2 Å². The van der Waals surface area contributed by atoms with Crippen molar-refractivity contribution >= 4 is 41.5 Å². The van der Waals surface area contributed by atoms with Gasteiger partial charge in [0.15, 0.2) is 0 Å². The summed E-state index contributed by atoms with van der Waals surface area (Å²) in [5.41, 5.74) is 0.765. The van der Waals surface area contributed by atoms with Crippen LogP contribution in [0.5, 0.6) is 0 Å². The Morgan fingerprint density at radius 2 is 1.93 bits per heavy atom. The molecule has 3 rings (SSSR count). The molecule has 0 aromatic heterocycles. The second-order valence-electron chi connectivity index (χ2n) is 7.64. The summed E-state index contributed by atoms with van der Waals surface area (Å²) in [5.74, 6) is 0.821. The molecule has 0 unspecified atom stereocenters. The molecule has 0 aliphatic carbocycles. The first-order chi connectivity index (χ1) is 12.5. The highest BCUT2D eigenvalue weighted by molar-refractivity contribution is 6.33. The SMILES string of the molecule is COCC1(C(=O)N2CCC(Cc3cc(Cl)ccc3Cl)CC2)CCNCC1.Cl. The zero-order chi connectivity index (χ0) is 18.6. The van der Waals surface area contributed by atoms with Crippen LogP contribution < -0.4 is 5.32 Å². The number of halogens is 3. The van der Waals surface area contributed by atoms with Crippen LogP contribution in [-0.2, 0) is 16.0 Å². The molecule has 0 spiro atoms. The van der Waals surface area contributed by atoms with Crippen LogP contribution in [0.25, 0.3) is 0 Å². The van der Waals surface area contributed by atoms with Crippen LogP contribution in [0.1, 0.15) is 31.2 Å². The Balaban J connectivity index is 0.00000261. The number of carbonyl (C=O) groups is 1. The highest BCUT2D eigenvalue weighted by Gasteiger charge is 2.42. The lowest BCUT2D eigenvalue weighted by molar-refractivity contribution is -0.149. The summed E-state index contributed by atoms with van der Waals surface area (Å²) in [4.78, 5) is 15.3. The lowest BCUT2D eigenvalue weighted by atomic mass is 9.77. The van der Waals surface area contributed by atoms with Crippen LogP contribution in [0.15, 0.2) is 18.2 Å². The number of piperidine rings is 2. The Kier molecular flexibility index (Phi) is 8.70. The van der Waals surface area contributed by atoms with Gasteiger partial charge in [0.25, 0.3) is 0 Å². The Morgan fingerprint density at radius 3 is 2.56 bits per heavy atom. The van der Waals surface area contributed by atoms with Crippen molar-refractivity contribution in [1.82, 2.24) is 10.2 Å². The minimum atomic E-state index is -0.344. The summed E-state index contributed by atoms with van der Waals surface area (Å²) in [5, 5.41) is 4.86. The fourth-order valence-corrected chi connectivity index (χ4v) is 4.68. The number of benzene rings is 1. The van der Waals surface area contributed by atoms with Gasteiger partial charge in [-0.05, 0) is 74.9 Å². The molecule has 0 radical (unpaired) electrons. The van der Waals surface area contributed by atoms with Gasteiger partial charge in [0.1, 0.15) is 0 Å². The maximum absolute atomic E-state index is 13.2. The van der Waals surface area contributed by atoms with Gasteiger partial charge >= 0.3 is 0 Å². The molecule has 1 N–H and O–H groups in total. The monoisotopic (exact) mass is 434 g/mol. The summed E-state index contributed by atoms with van der Waals surface area (Å²) in [6, 6.07) is 5.65. The first-order valence-electron chi connectivity index (χ1n) is 9.47. The largest absolute Gasteiger partial charge is 0.384 e. The quantitative estimate of drug-likeness (QED) is 0.753. The average molecular weight is 436 g/mol. The van der Waals surface area contributed by atoms with Gasteiger partial charge in [0.05, 0.1) is 12.0 Å². The Labute approximate surface area is 178 Å². The zero-order valence-electron chi connectivity index (χ0n) is 15.8. The van der Waals surface area contributed by atoms with E-state index in [1.165, 1.54) is 0 Å². The van der Waals surface area contributed by atoms with Gasteiger partial charge in [-0.2, -0.15) is 0 Å². The summed E-state index contributed by atoms with van der Waals surface area (Å²) in [6.45, 7) is 3.93. The zero-order valence-corrected chi connectivity index (χ0v) is 18.1. The number of likely N-dealkylation sites (tertiary alicyclic amines) is 1. The van der Waals surface area contributed by atoms with Crippen molar-refractivity contribution in [2.24, 2.45) is 11.3 Å². The topological polar surface area (TPSA) is 41.6 Å². The van der Waals surface area contributed by atoms with Gasteiger partial charge in [0.2, 0.25) is 5.91 Å². The highest BCUT2D eigenvalue weighted by Crippen LogP contribution is 2.34. The predicted molar refractivity (Wildman–Crippen MR) is 113 cm³/mol. The standard InChI is InChI=1S/C20H28Cl2N2O2.ClH/c1-26-14-20(6-8-23-9-7-20)19(25)24-10-4-15(5-11-24)12-16-13-17(21)2-3-18(16)22;/h2-3,13,15,23H,4-12,14H2,1H3;1H. The summed E-state index contributed by atoms with van der Waals surface area (Å²) < 4.78 is 5.42. The van der Waals surface area contributed by atoms with E-state index in [-0.39, 0.29) is 23.7 Å². The number of hydrogen-bond donors (Lipinski definition) is 1. The molecular weight excluding hydrogens is 407 g/mol. The Hall–Kier alpha value is -0.520. The number of amides is 1. The highest BCUT2D eigenvalue weighted by atomic mass is 35.5. The number of carbonyl (C=O) groups excluding carboxylic acids is 1. The molecule has 0 atom stereocenters. The molecule has 4 nitrogen and oxygen atoms in total. The lowest BCUT2D eigenvalue weighted by Gasteiger charge is -2.42. The first kappa shape index (κ1) is 22.8. The molecule has 1 amide bonds. The van der Waals surface area contributed by atoms with E-state index in [1.54, 1.807) is 7.11 Å². The molecule has 2 aliphatic rings. The summed E-state index contributed by atoms with van der Waals surface area (Å²) in [6.07, 6.45) is 4.66. The van der Waals surface area contributed by atoms with Crippen LogP contribution in [0.3, 0.4) is 0 Å². The number of nitrogens with zero attached hydrogens (tertiary/aromatic N) is 1. The second-order valence-corrected chi connectivity index (χ2v) is 8.48. The number of methoxy groups -OCH3 is 1. The number of ether oxygens (including phenoxy) is 1. The molecule has 1 aromatic rings. The van der Waals surface area contributed by atoms with E-state index in [4.69, 9.17) is 27.9 Å². The van der Waals surface area contributed by atoms with Crippen molar-refractivity contribution in [1.29, 1.82) is 0 Å². The van der Waals surface area contributed by atoms with Crippen LogP contribution in [0.2, 0.25) is 10.0 Å². The van der Waals surface area contributed by atoms with Crippen LogP contribution >= 0.6 is 35.6 Å². The molecule has 27 heavy (non-hydrogen) atoms. The van der Waals surface area contributed by atoms with Gasteiger partial charge in [-0.3, -0.25) is 4.79 Å². The second kappa shape index (κ2) is 10.3. The van der Waals surface area contributed by atoms with Gasteiger partial charge in [-0.1, -0.05) is 23.2 Å². The van der Waals surface area contributed by atoms with E-state index in [1.807, 2.05) is 18.2 Å². The smallest absolute Gasteiger partial charge is 0.231 e.